The highest BCUT2D eigenvalue weighted by Gasteiger charge is 2.17. The molecule has 0 fully saturated rings. The van der Waals surface area contributed by atoms with Gasteiger partial charge >= 0.3 is 0 Å². The molecular formula is C14H16N6. The Morgan fingerprint density at radius 3 is 2.65 bits per heavy atom. The van der Waals surface area contributed by atoms with Gasteiger partial charge in [-0.25, -0.2) is 9.97 Å². The first-order valence-electron chi connectivity index (χ1n) is 6.21. The molecule has 0 aliphatic carbocycles. The summed E-state index contributed by atoms with van der Waals surface area (Å²) in [6.45, 7) is 5.39. The van der Waals surface area contributed by atoms with Crippen LogP contribution in [0.3, 0.4) is 0 Å². The monoisotopic (exact) mass is 268 g/mol. The van der Waals surface area contributed by atoms with Gasteiger partial charge in [-0.2, -0.15) is 5.26 Å². The second-order valence-corrected chi connectivity index (χ2v) is 4.91. The minimum absolute atomic E-state index is 0.607. The molecule has 0 saturated heterocycles. The summed E-state index contributed by atoms with van der Waals surface area (Å²) in [6.07, 6.45) is 3.42. The molecule has 2 rings (SSSR count). The van der Waals surface area contributed by atoms with Crippen molar-refractivity contribution in [3.05, 3.63) is 36.4 Å². The number of aromatic nitrogens is 3. The molecule has 2 N–H and O–H groups in total. The van der Waals surface area contributed by atoms with Crippen LogP contribution >= 0.6 is 0 Å². The van der Waals surface area contributed by atoms with Crippen LogP contribution < -0.4 is 10.6 Å². The molecule has 20 heavy (non-hydrogen) atoms. The molecule has 0 aliphatic rings. The molecule has 0 saturated carbocycles. The summed E-state index contributed by atoms with van der Waals surface area (Å²) < 4.78 is 0. The highest BCUT2D eigenvalue weighted by atomic mass is 15.1. The van der Waals surface area contributed by atoms with Crippen molar-refractivity contribution in [3.63, 3.8) is 0 Å². The zero-order valence-electron chi connectivity index (χ0n) is 11.7. The molecule has 0 amide bonds. The molecule has 0 spiro atoms. The van der Waals surface area contributed by atoms with Crippen molar-refractivity contribution in [3.8, 4) is 6.07 Å². The Hall–Kier alpha value is -2.68. The molecular weight excluding hydrogens is 252 g/mol. The number of nitrogens with zero attached hydrogens (tertiary/aromatic N) is 4. The maximum absolute atomic E-state index is 9.05. The van der Waals surface area contributed by atoms with Gasteiger partial charge in [0.2, 0.25) is 0 Å². The zero-order valence-corrected chi connectivity index (χ0v) is 11.7. The normalized spacial score (nSPS) is 10.7. The van der Waals surface area contributed by atoms with Gasteiger partial charge < -0.3 is 10.6 Å². The van der Waals surface area contributed by atoms with Crippen LogP contribution in [0.15, 0.2) is 30.6 Å². The van der Waals surface area contributed by atoms with Crippen molar-refractivity contribution in [2.24, 2.45) is 0 Å². The first-order chi connectivity index (χ1) is 9.48. The molecule has 6 heteroatoms. The predicted molar refractivity (Wildman–Crippen MR) is 77.6 cm³/mol. The van der Waals surface area contributed by atoms with Gasteiger partial charge in [0, 0.05) is 12.3 Å². The molecule has 0 atom stereocenters. The first-order valence-corrected chi connectivity index (χ1v) is 6.21. The molecule has 6 nitrogen and oxygen atoms in total. The van der Waals surface area contributed by atoms with E-state index in [2.05, 4.69) is 31.7 Å². The summed E-state index contributed by atoms with van der Waals surface area (Å²) in [4.78, 5) is 12.6. The summed E-state index contributed by atoms with van der Waals surface area (Å²) in [6, 6.07) is 7.68. The fraction of sp³-hybridized carbons (Fsp3) is 0.286. The molecule has 0 unspecified atom stereocenters. The van der Waals surface area contributed by atoms with Crippen molar-refractivity contribution < 1.29 is 0 Å². The third-order valence-electron chi connectivity index (χ3n) is 2.49. The van der Waals surface area contributed by atoms with E-state index < -0.39 is 5.54 Å². The predicted octanol–water partition coefficient (Wildman–Crippen LogP) is 2.64. The zero-order chi connectivity index (χ0) is 14.6. The molecule has 102 valence electrons. The molecule has 0 aromatic carbocycles. The summed E-state index contributed by atoms with van der Waals surface area (Å²) in [7, 11) is 0. The van der Waals surface area contributed by atoms with Crippen LogP contribution in [0.1, 0.15) is 19.7 Å². The van der Waals surface area contributed by atoms with E-state index in [4.69, 9.17) is 5.26 Å². The van der Waals surface area contributed by atoms with Crippen molar-refractivity contribution in [1.82, 2.24) is 15.0 Å². The largest absolute Gasteiger partial charge is 0.352 e. The number of hydrogen-bond donors (Lipinski definition) is 2. The Morgan fingerprint density at radius 2 is 2.00 bits per heavy atom. The van der Waals surface area contributed by atoms with Gasteiger partial charge in [0.1, 0.15) is 23.0 Å². The molecule has 0 aliphatic heterocycles. The van der Waals surface area contributed by atoms with Crippen molar-refractivity contribution in [1.29, 1.82) is 5.26 Å². The van der Waals surface area contributed by atoms with E-state index in [1.165, 1.54) is 0 Å². The van der Waals surface area contributed by atoms with E-state index in [0.717, 1.165) is 5.69 Å². The van der Waals surface area contributed by atoms with Gasteiger partial charge in [0.15, 0.2) is 0 Å². The second kappa shape index (κ2) is 5.53. The molecule has 0 radical (unpaired) electrons. The first kappa shape index (κ1) is 13.7. The maximum atomic E-state index is 9.05. The summed E-state index contributed by atoms with van der Waals surface area (Å²) in [5, 5.41) is 15.3. The number of pyridine rings is 1. The fourth-order valence-electron chi connectivity index (χ4n) is 1.63. The Balaban J connectivity index is 2.23. The number of nitriles is 1. The van der Waals surface area contributed by atoms with Gasteiger partial charge in [-0.15, -0.1) is 0 Å². The number of hydrogen-bond acceptors (Lipinski definition) is 6. The van der Waals surface area contributed by atoms with Crippen LogP contribution in [0, 0.1) is 18.3 Å². The van der Waals surface area contributed by atoms with E-state index in [-0.39, 0.29) is 0 Å². The van der Waals surface area contributed by atoms with Crippen LogP contribution in [0.25, 0.3) is 0 Å². The summed E-state index contributed by atoms with van der Waals surface area (Å²) in [5.74, 6) is 1.88. The second-order valence-electron chi connectivity index (χ2n) is 4.91. The lowest BCUT2D eigenvalue weighted by molar-refractivity contribution is 0.722. The summed E-state index contributed by atoms with van der Waals surface area (Å²) in [5.41, 5.74) is 0.155. The highest BCUT2D eigenvalue weighted by molar-refractivity contribution is 5.58. The fourth-order valence-corrected chi connectivity index (χ4v) is 1.63. The van der Waals surface area contributed by atoms with Crippen LogP contribution in [-0.2, 0) is 0 Å². The van der Waals surface area contributed by atoms with Crippen LogP contribution in [-0.4, -0.2) is 20.5 Å². The summed E-state index contributed by atoms with van der Waals surface area (Å²) >= 11 is 0. The van der Waals surface area contributed by atoms with E-state index in [1.807, 2.05) is 12.1 Å². The Morgan fingerprint density at radius 1 is 1.25 bits per heavy atom. The lowest BCUT2D eigenvalue weighted by Crippen LogP contribution is -2.29. The standard InChI is InChI=1S/C14H16N6/c1-10-17-12(19-11-5-4-6-16-8-11)7-13(18-10)20-14(2,3)9-15/h4-8H,1-3H3,(H2,17,18,19,20). The minimum atomic E-state index is -0.688. The van der Waals surface area contributed by atoms with Crippen molar-refractivity contribution >= 4 is 17.3 Å². The van der Waals surface area contributed by atoms with Gasteiger partial charge in [0.25, 0.3) is 0 Å². The SMILES string of the molecule is Cc1nc(Nc2cccnc2)cc(NC(C)(C)C#N)n1. The quantitative estimate of drug-likeness (QED) is 0.886. The third-order valence-corrected chi connectivity index (χ3v) is 2.49. The number of nitrogens with one attached hydrogen (secondary N) is 2. The Labute approximate surface area is 117 Å². The van der Waals surface area contributed by atoms with Gasteiger partial charge in [0.05, 0.1) is 18.0 Å². The van der Waals surface area contributed by atoms with Crippen LogP contribution in [0.2, 0.25) is 0 Å². The lowest BCUT2D eigenvalue weighted by Gasteiger charge is -2.19. The average molecular weight is 268 g/mol. The minimum Gasteiger partial charge on any atom is -0.352 e. The van der Waals surface area contributed by atoms with E-state index in [9.17, 15) is 0 Å². The Bertz CT molecular complexity index is 630. The maximum Gasteiger partial charge on any atom is 0.136 e. The highest BCUT2D eigenvalue weighted by Crippen LogP contribution is 2.18. The van der Waals surface area contributed by atoms with Crippen molar-refractivity contribution in [2.45, 2.75) is 26.3 Å². The molecule has 2 aromatic heterocycles. The average Bonchev–Trinajstić information content (AvgIpc) is 2.38. The number of aryl methyl sites for hydroxylation is 1. The number of rotatable bonds is 4. The van der Waals surface area contributed by atoms with Gasteiger partial charge in [-0.05, 0) is 32.9 Å². The van der Waals surface area contributed by atoms with Crippen LogP contribution in [0.5, 0.6) is 0 Å². The third kappa shape index (κ3) is 3.65. The molecule has 0 bridgehead atoms. The molecule has 2 aromatic rings. The van der Waals surface area contributed by atoms with Crippen molar-refractivity contribution in [2.75, 3.05) is 10.6 Å². The van der Waals surface area contributed by atoms with E-state index >= 15 is 0 Å². The lowest BCUT2D eigenvalue weighted by atomic mass is 10.1. The Kier molecular flexibility index (Phi) is 3.80. The van der Waals surface area contributed by atoms with E-state index in [1.54, 1.807) is 39.2 Å². The van der Waals surface area contributed by atoms with Gasteiger partial charge in [-0.1, -0.05) is 0 Å². The molecule has 2 heterocycles. The topological polar surface area (TPSA) is 86.5 Å². The smallest absolute Gasteiger partial charge is 0.136 e. The van der Waals surface area contributed by atoms with Crippen LogP contribution in [0.4, 0.5) is 17.3 Å². The van der Waals surface area contributed by atoms with E-state index in [0.29, 0.717) is 17.5 Å². The number of anilines is 3. The van der Waals surface area contributed by atoms with Gasteiger partial charge in [-0.3, -0.25) is 4.98 Å².